The SMILES string of the molecule is CC[C@@]1(O)C(=O)OCc2c1cc1n(c2=O)Cc2c-1nc1ccccc1c2/C=N/NC(=O)C(N)CC(C)C. The molecule has 4 N–H and O–H groups in total. The quantitative estimate of drug-likeness (QED) is 0.207. The Kier molecular flexibility index (Phi) is 6.17. The smallest absolute Gasteiger partial charge is 0.343 e. The third-order valence-electron chi connectivity index (χ3n) is 7.07. The Balaban J connectivity index is 1.62. The number of aliphatic hydroxyl groups is 1. The van der Waals surface area contributed by atoms with E-state index in [0.717, 1.165) is 10.9 Å². The summed E-state index contributed by atoms with van der Waals surface area (Å²) in [4.78, 5) is 43.1. The van der Waals surface area contributed by atoms with Crippen LogP contribution in [0.25, 0.3) is 22.3 Å². The molecule has 0 saturated heterocycles. The Morgan fingerprint density at radius 3 is 2.81 bits per heavy atom. The van der Waals surface area contributed by atoms with Gasteiger partial charge in [0.2, 0.25) is 0 Å². The summed E-state index contributed by atoms with van der Waals surface area (Å²) in [5.41, 5.74) is 9.95. The summed E-state index contributed by atoms with van der Waals surface area (Å²) in [6.07, 6.45) is 2.15. The average molecular weight is 504 g/mol. The number of hydrogen-bond donors (Lipinski definition) is 3. The van der Waals surface area contributed by atoms with Crippen molar-refractivity contribution in [1.82, 2.24) is 15.0 Å². The van der Waals surface area contributed by atoms with Crippen LogP contribution in [0.3, 0.4) is 0 Å². The number of nitrogens with one attached hydrogen (secondary N) is 1. The van der Waals surface area contributed by atoms with E-state index in [2.05, 4.69) is 10.5 Å². The molecule has 3 aromatic rings. The van der Waals surface area contributed by atoms with Gasteiger partial charge in [0.25, 0.3) is 11.5 Å². The van der Waals surface area contributed by atoms with Crippen LogP contribution in [-0.4, -0.2) is 38.8 Å². The van der Waals surface area contributed by atoms with Gasteiger partial charge in [0.15, 0.2) is 5.60 Å². The Labute approximate surface area is 213 Å². The summed E-state index contributed by atoms with van der Waals surface area (Å²) in [5, 5.41) is 16.1. The Morgan fingerprint density at radius 2 is 2.08 bits per heavy atom. The Bertz CT molecular complexity index is 1530. The molecule has 1 unspecified atom stereocenters. The average Bonchev–Trinajstić information content (AvgIpc) is 3.24. The van der Waals surface area contributed by atoms with E-state index in [1.54, 1.807) is 23.8 Å². The van der Waals surface area contributed by atoms with Crippen molar-refractivity contribution in [1.29, 1.82) is 0 Å². The van der Waals surface area contributed by atoms with Crippen molar-refractivity contribution in [3.63, 3.8) is 0 Å². The lowest BCUT2D eigenvalue weighted by molar-refractivity contribution is -0.172. The van der Waals surface area contributed by atoms with Crippen molar-refractivity contribution in [3.8, 4) is 11.4 Å². The van der Waals surface area contributed by atoms with Crippen molar-refractivity contribution in [2.45, 2.75) is 58.4 Å². The minimum Gasteiger partial charge on any atom is -0.458 e. The summed E-state index contributed by atoms with van der Waals surface area (Å²) in [5.74, 6) is -0.878. The highest BCUT2D eigenvalue weighted by atomic mass is 16.6. The fraction of sp³-hybridized carbons (Fsp3) is 0.370. The highest BCUT2D eigenvalue weighted by Gasteiger charge is 2.45. The largest absolute Gasteiger partial charge is 0.458 e. The minimum absolute atomic E-state index is 0.0658. The first-order valence-electron chi connectivity index (χ1n) is 12.3. The molecule has 2 aromatic heterocycles. The van der Waals surface area contributed by atoms with Gasteiger partial charge in [-0.05, 0) is 30.9 Å². The maximum atomic E-state index is 13.5. The molecule has 0 bridgehead atoms. The first-order chi connectivity index (χ1) is 17.7. The van der Waals surface area contributed by atoms with Gasteiger partial charge in [-0.1, -0.05) is 39.0 Å². The molecule has 5 rings (SSSR count). The highest BCUT2D eigenvalue weighted by Crippen LogP contribution is 2.39. The number of hydrazone groups is 1. The van der Waals surface area contributed by atoms with E-state index in [-0.39, 0.29) is 48.1 Å². The standard InChI is InChI=1S/C27H29N5O5/c1-4-27(36)19-10-22-23-17(12-32(22)25(34)18(19)13-37-26(27)35)16(15-7-5-6-8-21(15)30-23)11-29-31-24(33)20(28)9-14(2)3/h5-8,10-11,14,20,36H,4,9,12-13,28H2,1-3H3,(H,31,33)/b29-11+/t20?,27-/m0/s1. The third kappa shape index (κ3) is 4.02. The van der Waals surface area contributed by atoms with Crippen LogP contribution < -0.4 is 16.7 Å². The van der Waals surface area contributed by atoms with Gasteiger partial charge in [0.1, 0.15) is 6.61 Å². The maximum absolute atomic E-state index is 13.5. The number of carbonyl (C=O) groups is 2. The Hall–Kier alpha value is -3.89. The number of esters is 1. The highest BCUT2D eigenvalue weighted by molar-refractivity contribution is 6.02. The third-order valence-corrected chi connectivity index (χ3v) is 7.07. The van der Waals surface area contributed by atoms with Crippen molar-refractivity contribution in [2.24, 2.45) is 16.8 Å². The number of para-hydroxylation sites is 1. The summed E-state index contributed by atoms with van der Waals surface area (Å²) >= 11 is 0. The second-order valence-corrected chi connectivity index (χ2v) is 9.94. The molecule has 192 valence electrons. The van der Waals surface area contributed by atoms with Gasteiger partial charge in [-0.3, -0.25) is 9.59 Å². The van der Waals surface area contributed by atoms with Crippen LogP contribution in [0, 0.1) is 5.92 Å². The second kappa shape index (κ2) is 9.20. The number of nitrogens with zero attached hydrogens (tertiary/aromatic N) is 3. The van der Waals surface area contributed by atoms with Gasteiger partial charge < -0.3 is 20.1 Å². The molecule has 0 aliphatic carbocycles. The number of benzene rings is 1. The van der Waals surface area contributed by atoms with Crippen molar-refractivity contribution in [3.05, 3.63) is 62.9 Å². The predicted octanol–water partition coefficient (Wildman–Crippen LogP) is 1.90. The predicted molar refractivity (Wildman–Crippen MR) is 138 cm³/mol. The van der Waals surface area contributed by atoms with E-state index in [0.29, 0.717) is 28.9 Å². The lowest BCUT2D eigenvalue weighted by atomic mass is 9.86. The van der Waals surface area contributed by atoms with E-state index < -0.39 is 17.6 Å². The van der Waals surface area contributed by atoms with Gasteiger partial charge in [0.05, 0.1) is 41.3 Å². The molecule has 4 heterocycles. The number of cyclic esters (lactones) is 1. The van der Waals surface area contributed by atoms with Gasteiger partial charge in [-0.25, -0.2) is 15.2 Å². The van der Waals surface area contributed by atoms with E-state index in [4.69, 9.17) is 15.5 Å². The Morgan fingerprint density at radius 1 is 1.32 bits per heavy atom. The fourth-order valence-corrected chi connectivity index (χ4v) is 5.07. The van der Waals surface area contributed by atoms with Crippen LogP contribution in [0.1, 0.15) is 55.9 Å². The normalized spacial score (nSPS) is 19.0. The van der Waals surface area contributed by atoms with Gasteiger partial charge in [-0.2, -0.15) is 5.10 Å². The first-order valence-corrected chi connectivity index (χ1v) is 12.3. The maximum Gasteiger partial charge on any atom is 0.343 e. The van der Waals surface area contributed by atoms with Crippen LogP contribution in [0.2, 0.25) is 0 Å². The second-order valence-electron chi connectivity index (χ2n) is 9.94. The van der Waals surface area contributed by atoms with E-state index in [9.17, 15) is 19.5 Å². The van der Waals surface area contributed by atoms with Crippen LogP contribution in [0.15, 0.2) is 40.2 Å². The molecule has 0 saturated carbocycles. The number of aromatic nitrogens is 2. The van der Waals surface area contributed by atoms with Crippen LogP contribution >= 0.6 is 0 Å². The number of carbonyl (C=O) groups excluding carboxylic acids is 2. The molecule has 0 spiro atoms. The molecule has 1 aromatic carbocycles. The van der Waals surface area contributed by atoms with Gasteiger partial charge >= 0.3 is 5.97 Å². The lowest BCUT2D eigenvalue weighted by Crippen LogP contribution is -2.44. The van der Waals surface area contributed by atoms with Crippen LogP contribution in [0.4, 0.5) is 0 Å². The zero-order valence-electron chi connectivity index (χ0n) is 20.9. The number of fused-ring (bicyclic) bond motifs is 5. The van der Waals surface area contributed by atoms with E-state index in [1.165, 1.54) is 0 Å². The number of nitrogens with two attached hydrogens (primary N) is 1. The molecule has 2 aliphatic heterocycles. The minimum atomic E-state index is -1.90. The lowest BCUT2D eigenvalue weighted by Gasteiger charge is -2.31. The molecule has 10 heteroatoms. The molecular weight excluding hydrogens is 474 g/mol. The molecular formula is C27H29N5O5. The molecule has 0 fully saturated rings. The fourth-order valence-electron chi connectivity index (χ4n) is 5.07. The molecule has 0 radical (unpaired) electrons. The topological polar surface area (TPSA) is 149 Å². The number of hydrogen-bond acceptors (Lipinski definition) is 8. The van der Waals surface area contributed by atoms with Crippen LogP contribution in [0.5, 0.6) is 0 Å². The van der Waals surface area contributed by atoms with Gasteiger partial charge in [-0.15, -0.1) is 0 Å². The van der Waals surface area contributed by atoms with Crippen LogP contribution in [-0.2, 0) is 33.1 Å². The molecule has 2 atom stereocenters. The van der Waals surface area contributed by atoms with Gasteiger partial charge in [0, 0.05) is 22.1 Å². The van der Waals surface area contributed by atoms with Crippen molar-refractivity contribution in [2.75, 3.05) is 0 Å². The molecule has 37 heavy (non-hydrogen) atoms. The summed E-state index contributed by atoms with van der Waals surface area (Å²) in [6.45, 7) is 5.66. The zero-order chi connectivity index (χ0) is 26.5. The molecule has 10 nitrogen and oxygen atoms in total. The summed E-state index contributed by atoms with van der Waals surface area (Å²) < 4.78 is 6.71. The number of pyridine rings is 2. The number of amides is 1. The van der Waals surface area contributed by atoms with E-state index >= 15 is 0 Å². The molecule has 1 amide bonds. The first kappa shape index (κ1) is 24.8. The summed E-state index contributed by atoms with van der Waals surface area (Å²) in [6, 6.07) is 8.48. The monoisotopic (exact) mass is 503 g/mol. The molecule has 2 aliphatic rings. The van der Waals surface area contributed by atoms with Crippen molar-refractivity contribution >= 4 is 29.0 Å². The summed E-state index contributed by atoms with van der Waals surface area (Å²) in [7, 11) is 0. The van der Waals surface area contributed by atoms with Crippen molar-refractivity contribution < 1.29 is 19.4 Å². The van der Waals surface area contributed by atoms with E-state index in [1.807, 2.05) is 38.1 Å². The number of rotatable bonds is 6. The zero-order valence-corrected chi connectivity index (χ0v) is 20.9. The number of ether oxygens (including phenoxy) is 1.